The summed E-state index contributed by atoms with van der Waals surface area (Å²) in [5.74, 6) is -0.360. The van der Waals surface area contributed by atoms with Gasteiger partial charge in [0.1, 0.15) is 0 Å². The predicted molar refractivity (Wildman–Crippen MR) is 102 cm³/mol. The Labute approximate surface area is 153 Å². The Kier molecular flexibility index (Phi) is 5.79. The number of benzene rings is 1. The van der Waals surface area contributed by atoms with Crippen LogP contribution in [0.3, 0.4) is 0 Å². The molecule has 1 heterocycles. The lowest BCUT2D eigenvalue weighted by molar-refractivity contribution is -0.130. The summed E-state index contributed by atoms with van der Waals surface area (Å²) < 4.78 is 0. The molecule has 6 nitrogen and oxygen atoms in total. The maximum atomic E-state index is 12.3. The minimum atomic E-state index is -0.343. The first-order chi connectivity index (χ1) is 11.7. The van der Waals surface area contributed by atoms with Crippen LogP contribution in [0.5, 0.6) is 0 Å². The van der Waals surface area contributed by atoms with E-state index in [1.165, 1.54) is 6.92 Å². The van der Waals surface area contributed by atoms with E-state index in [2.05, 4.69) is 16.2 Å². The molecule has 2 rings (SSSR count). The first kappa shape index (κ1) is 18.9. The smallest absolute Gasteiger partial charge is 0.240 e. The summed E-state index contributed by atoms with van der Waals surface area (Å²) >= 11 is 5.14. The zero-order chi connectivity index (χ0) is 18.6. The molecule has 1 aromatic rings. The molecule has 0 fully saturated rings. The molecule has 0 saturated heterocycles. The fraction of sp³-hybridized carbons (Fsp3) is 0.389. The maximum absolute atomic E-state index is 12.3. The van der Waals surface area contributed by atoms with Crippen LogP contribution in [0, 0.1) is 0 Å². The molecule has 1 atom stereocenters. The van der Waals surface area contributed by atoms with Gasteiger partial charge in [0, 0.05) is 18.7 Å². The summed E-state index contributed by atoms with van der Waals surface area (Å²) in [5, 5.41) is 3.39. The van der Waals surface area contributed by atoms with Crippen molar-refractivity contribution in [2.45, 2.75) is 45.7 Å². The number of thiocarbonyl (C=S) groups is 1. The second-order valence-electron chi connectivity index (χ2n) is 6.97. The highest BCUT2D eigenvalue weighted by Gasteiger charge is 2.28. The summed E-state index contributed by atoms with van der Waals surface area (Å²) in [4.78, 5) is 25.8. The van der Waals surface area contributed by atoms with Crippen LogP contribution in [0.2, 0.25) is 0 Å². The van der Waals surface area contributed by atoms with Gasteiger partial charge in [0.15, 0.2) is 5.11 Å². The number of nitrogens with one attached hydrogen (secondary N) is 3. The lowest BCUT2D eigenvalue weighted by atomic mass is 9.93. The molecular formula is C18H24N4O2S. The Hall–Kier alpha value is -2.41. The van der Waals surface area contributed by atoms with Crippen molar-refractivity contribution >= 4 is 35.2 Å². The standard InChI is InChI=1S/C18H24N4O2S/c1-12(23)22-10-9-13-7-5-6-8-14(13)15(22)11-16(24)20-21-17(25)19-18(2,3)4/h5-10,15H,11H2,1-4H3,(H,20,24)(H2,19,21,25)/t15-/m0/s1. The lowest BCUT2D eigenvalue weighted by Gasteiger charge is -2.32. The minimum absolute atomic E-state index is 0.110. The van der Waals surface area contributed by atoms with Crippen molar-refractivity contribution in [3.8, 4) is 0 Å². The van der Waals surface area contributed by atoms with Gasteiger partial charge in [-0.15, -0.1) is 0 Å². The molecule has 1 aliphatic heterocycles. The average Bonchev–Trinajstić information content (AvgIpc) is 2.51. The number of hydrogen-bond acceptors (Lipinski definition) is 3. The minimum Gasteiger partial charge on any atom is -0.357 e. The maximum Gasteiger partial charge on any atom is 0.240 e. The molecule has 0 bridgehead atoms. The number of fused-ring (bicyclic) bond motifs is 1. The molecular weight excluding hydrogens is 336 g/mol. The van der Waals surface area contributed by atoms with E-state index in [4.69, 9.17) is 12.2 Å². The molecule has 7 heteroatoms. The Morgan fingerprint density at radius 1 is 1.20 bits per heavy atom. The van der Waals surface area contributed by atoms with E-state index in [1.54, 1.807) is 11.1 Å². The quantitative estimate of drug-likeness (QED) is 0.557. The van der Waals surface area contributed by atoms with Crippen LogP contribution < -0.4 is 16.2 Å². The van der Waals surface area contributed by atoms with Gasteiger partial charge < -0.3 is 10.2 Å². The van der Waals surface area contributed by atoms with E-state index >= 15 is 0 Å². The normalized spacial score (nSPS) is 16.0. The van der Waals surface area contributed by atoms with Gasteiger partial charge in [-0.2, -0.15) is 0 Å². The summed E-state index contributed by atoms with van der Waals surface area (Å²) in [6, 6.07) is 7.40. The van der Waals surface area contributed by atoms with Gasteiger partial charge in [0.25, 0.3) is 0 Å². The number of carbonyl (C=O) groups is 2. The molecule has 0 aliphatic carbocycles. The molecule has 2 amide bonds. The number of hydrogen-bond donors (Lipinski definition) is 3. The number of carbonyl (C=O) groups excluding carboxylic acids is 2. The Bertz CT molecular complexity index is 709. The lowest BCUT2D eigenvalue weighted by Crippen LogP contribution is -2.52. The van der Waals surface area contributed by atoms with E-state index in [0.29, 0.717) is 5.11 Å². The second-order valence-corrected chi connectivity index (χ2v) is 7.38. The zero-order valence-electron chi connectivity index (χ0n) is 14.9. The highest BCUT2D eigenvalue weighted by atomic mass is 32.1. The van der Waals surface area contributed by atoms with Crippen molar-refractivity contribution in [3.63, 3.8) is 0 Å². The Morgan fingerprint density at radius 2 is 1.88 bits per heavy atom. The van der Waals surface area contributed by atoms with Crippen LogP contribution in [0.25, 0.3) is 6.08 Å². The summed E-state index contributed by atoms with van der Waals surface area (Å²) in [5.41, 5.74) is 7.04. The SMILES string of the molecule is CC(=O)N1C=Cc2ccccc2[C@@H]1CC(=O)NNC(=S)NC(C)(C)C. The number of rotatable bonds is 2. The van der Waals surface area contributed by atoms with E-state index in [9.17, 15) is 9.59 Å². The van der Waals surface area contributed by atoms with Crippen LogP contribution in [-0.2, 0) is 9.59 Å². The molecule has 0 unspecified atom stereocenters. The number of amides is 2. The molecule has 1 aromatic carbocycles. The van der Waals surface area contributed by atoms with Gasteiger partial charge in [-0.05, 0) is 50.2 Å². The fourth-order valence-electron chi connectivity index (χ4n) is 2.64. The van der Waals surface area contributed by atoms with E-state index in [-0.39, 0.29) is 29.8 Å². The topological polar surface area (TPSA) is 73.5 Å². The first-order valence-electron chi connectivity index (χ1n) is 8.10. The zero-order valence-corrected chi connectivity index (χ0v) is 15.7. The molecule has 1 aliphatic rings. The third-order valence-corrected chi connectivity index (χ3v) is 3.86. The Balaban J connectivity index is 2.03. The van der Waals surface area contributed by atoms with Gasteiger partial charge in [-0.3, -0.25) is 20.4 Å². The van der Waals surface area contributed by atoms with Crippen molar-refractivity contribution in [2.75, 3.05) is 0 Å². The van der Waals surface area contributed by atoms with Crippen molar-refractivity contribution < 1.29 is 9.59 Å². The highest BCUT2D eigenvalue weighted by molar-refractivity contribution is 7.80. The largest absolute Gasteiger partial charge is 0.357 e. The van der Waals surface area contributed by atoms with Gasteiger partial charge >= 0.3 is 0 Å². The van der Waals surface area contributed by atoms with E-state index in [1.807, 2.05) is 51.1 Å². The predicted octanol–water partition coefficient (Wildman–Crippen LogP) is 2.24. The highest BCUT2D eigenvalue weighted by Crippen LogP contribution is 2.32. The molecule has 0 saturated carbocycles. The molecule has 3 N–H and O–H groups in total. The Morgan fingerprint density at radius 3 is 2.52 bits per heavy atom. The molecule has 134 valence electrons. The summed E-state index contributed by atoms with van der Waals surface area (Å²) in [6.45, 7) is 7.40. The molecule has 0 aromatic heterocycles. The van der Waals surface area contributed by atoms with Crippen molar-refractivity contribution in [1.82, 2.24) is 21.1 Å². The van der Waals surface area contributed by atoms with Gasteiger partial charge in [0.2, 0.25) is 11.8 Å². The van der Waals surface area contributed by atoms with Crippen molar-refractivity contribution in [2.24, 2.45) is 0 Å². The molecule has 25 heavy (non-hydrogen) atoms. The van der Waals surface area contributed by atoms with Crippen molar-refractivity contribution in [3.05, 3.63) is 41.6 Å². The number of hydrazine groups is 1. The van der Waals surface area contributed by atoms with Gasteiger partial charge in [-0.1, -0.05) is 24.3 Å². The van der Waals surface area contributed by atoms with Crippen LogP contribution >= 0.6 is 12.2 Å². The third kappa shape index (κ3) is 5.29. The van der Waals surface area contributed by atoms with Crippen LogP contribution in [0.4, 0.5) is 0 Å². The summed E-state index contributed by atoms with van der Waals surface area (Å²) in [7, 11) is 0. The van der Waals surface area contributed by atoms with Gasteiger partial charge in [-0.25, -0.2) is 0 Å². The molecule has 0 spiro atoms. The third-order valence-electron chi connectivity index (χ3n) is 3.65. The molecule has 0 radical (unpaired) electrons. The fourth-order valence-corrected chi connectivity index (χ4v) is 3.00. The van der Waals surface area contributed by atoms with E-state index < -0.39 is 0 Å². The van der Waals surface area contributed by atoms with Crippen LogP contribution in [0.1, 0.15) is 51.3 Å². The van der Waals surface area contributed by atoms with Crippen LogP contribution in [0.15, 0.2) is 30.5 Å². The summed E-state index contributed by atoms with van der Waals surface area (Å²) in [6.07, 6.45) is 3.74. The second kappa shape index (κ2) is 7.65. The number of nitrogens with zero attached hydrogens (tertiary/aromatic N) is 1. The first-order valence-corrected chi connectivity index (χ1v) is 8.51. The van der Waals surface area contributed by atoms with Gasteiger partial charge in [0.05, 0.1) is 12.5 Å². The van der Waals surface area contributed by atoms with E-state index in [0.717, 1.165) is 11.1 Å². The van der Waals surface area contributed by atoms with Crippen LogP contribution in [-0.4, -0.2) is 27.4 Å². The van der Waals surface area contributed by atoms with Crippen molar-refractivity contribution in [1.29, 1.82) is 0 Å². The average molecular weight is 360 g/mol. The monoisotopic (exact) mass is 360 g/mol.